The van der Waals surface area contributed by atoms with E-state index in [1.165, 1.54) is 24.3 Å². The van der Waals surface area contributed by atoms with E-state index in [9.17, 15) is 23.1 Å². The zero-order valence-electron chi connectivity index (χ0n) is 13.6. The fraction of sp³-hybridized carbons (Fsp3) is 0.176. The molecule has 26 heavy (non-hydrogen) atoms. The summed E-state index contributed by atoms with van der Waals surface area (Å²) in [5.74, 6) is -1.33. The first-order chi connectivity index (χ1) is 12.1. The van der Waals surface area contributed by atoms with Gasteiger partial charge in [0.1, 0.15) is 0 Å². The van der Waals surface area contributed by atoms with Crippen molar-refractivity contribution in [3.8, 4) is 0 Å². The number of hydrogen-bond acceptors (Lipinski definition) is 5. The number of amides is 1. The lowest BCUT2D eigenvalue weighted by Gasteiger charge is -2.21. The highest BCUT2D eigenvalue weighted by atomic mass is 35.5. The molecule has 2 aromatic rings. The highest BCUT2D eigenvalue weighted by molar-refractivity contribution is 7.92. The summed E-state index contributed by atoms with van der Waals surface area (Å²) in [6.45, 7) is 0. The molecular formula is C17H15ClN2O5S. The maximum Gasteiger partial charge on any atom is 0.261 e. The van der Waals surface area contributed by atoms with Gasteiger partial charge in [-0.25, -0.2) is 8.42 Å². The third kappa shape index (κ3) is 3.44. The van der Waals surface area contributed by atoms with Gasteiger partial charge < -0.3 is 10.4 Å². The molecule has 3 rings (SSSR count). The summed E-state index contributed by atoms with van der Waals surface area (Å²) in [6.07, 6.45) is 0.402. The zero-order valence-corrected chi connectivity index (χ0v) is 15.2. The standard InChI is InChI=1S/C17H15ClN2O5S/c1-26(24,25)20-13-5-3-2-4-11(13)15(21)9-17(23)12-8-10(18)6-7-14(12)19-16(17)22/h2-8,20,23H,9H2,1H3,(H,19,22). The van der Waals surface area contributed by atoms with E-state index in [2.05, 4.69) is 10.0 Å². The van der Waals surface area contributed by atoms with Crippen molar-refractivity contribution in [2.75, 3.05) is 16.3 Å². The van der Waals surface area contributed by atoms with E-state index < -0.39 is 33.7 Å². The highest BCUT2D eigenvalue weighted by Gasteiger charge is 2.47. The number of para-hydroxylation sites is 1. The van der Waals surface area contributed by atoms with Gasteiger partial charge in [0.25, 0.3) is 5.91 Å². The number of aliphatic hydroxyl groups is 1. The fourth-order valence-corrected chi connectivity index (χ4v) is 3.58. The summed E-state index contributed by atoms with van der Waals surface area (Å²) in [7, 11) is -3.60. The normalized spacial score (nSPS) is 19.0. The van der Waals surface area contributed by atoms with Crippen molar-refractivity contribution in [2.24, 2.45) is 0 Å². The van der Waals surface area contributed by atoms with Crippen LogP contribution in [0.15, 0.2) is 42.5 Å². The summed E-state index contributed by atoms with van der Waals surface area (Å²) in [4.78, 5) is 25.0. The number of hydrogen-bond donors (Lipinski definition) is 3. The summed E-state index contributed by atoms with van der Waals surface area (Å²) < 4.78 is 25.2. The van der Waals surface area contributed by atoms with Gasteiger partial charge in [-0.15, -0.1) is 0 Å². The van der Waals surface area contributed by atoms with Gasteiger partial charge in [0.2, 0.25) is 10.0 Å². The molecule has 1 aliphatic rings. The number of fused-ring (bicyclic) bond motifs is 1. The molecule has 0 spiro atoms. The molecule has 3 N–H and O–H groups in total. The van der Waals surface area contributed by atoms with Crippen LogP contribution in [0.1, 0.15) is 22.3 Å². The lowest BCUT2D eigenvalue weighted by atomic mass is 9.88. The van der Waals surface area contributed by atoms with E-state index in [-0.39, 0.29) is 16.8 Å². The number of ketones is 1. The second-order valence-electron chi connectivity index (χ2n) is 6.02. The molecule has 9 heteroatoms. The number of anilines is 2. The van der Waals surface area contributed by atoms with Crippen LogP contribution in [0.3, 0.4) is 0 Å². The number of halogens is 1. The van der Waals surface area contributed by atoms with Crippen LogP contribution in [-0.2, 0) is 20.4 Å². The van der Waals surface area contributed by atoms with Gasteiger partial charge in [0, 0.05) is 21.8 Å². The smallest absolute Gasteiger partial charge is 0.261 e. The number of rotatable bonds is 5. The first-order valence-electron chi connectivity index (χ1n) is 7.54. The van der Waals surface area contributed by atoms with Gasteiger partial charge in [-0.05, 0) is 30.3 Å². The minimum atomic E-state index is -3.60. The first-order valence-corrected chi connectivity index (χ1v) is 9.81. The molecule has 1 heterocycles. The van der Waals surface area contributed by atoms with Gasteiger partial charge in [-0.1, -0.05) is 23.7 Å². The molecule has 0 radical (unpaired) electrons. The average molecular weight is 395 g/mol. The second-order valence-corrected chi connectivity index (χ2v) is 8.21. The van der Waals surface area contributed by atoms with Crippen LogP contribution in [0.25, 0.3) is 0 Å². The Morgan fingerprint density at radius 2 is 1.96 bits per heavy atom. The summed E-state index contributed by atoms with van der Waals surface area (Å²) in [6, 6.07) is 10.5. The molecule has 0 bridgehead atoms. The van der Waals surface area contributed by atoms with E-state index in [4.69, 9.17) is 11.6 Å². The van der Waals surface area contributed by atoms with Crippen molar-refractivity contribution in [3.63, 3.8) is 0 Å². The maximum atomic E-state index is 12.7. The van der Waals surface area contributed by atoms with E-state index in [0.717, 1.165) is 6.26 Å². The van der Waals surface area contributed by atoms with E-state index >= 15 is 0 Å². The Labute approximate surface area is 155 Å². The summed E-state index contributed by atoms with van der Waals surface area (Å²) >= 11 is 5.94. The molecule has 0 aliphatic carbocycles. The SMILES string of the molecule is CS(=O)(=O)Nc1ccccc1C(=O)CC1(O)C(=O)Nc2ccc(Cl)cc21. The van der Waals surface area contributed by atoms with Crippen molar-refractivity contribution in [2.45, 2.75) is 12.0 Å². The molecule has 1 atom stereocenters. The van der Waals surface area contributed by atoms with Gasteiger partial charge in [0.15, 0.2) is 11.4 Å². The molecule has 1 unspecified atom stereocenters. The molecular weight excluding hydrogens is 380 g/mol. The quantitative estimate of drug-likeness (QED) is 0.672. The number of Topliss-reactive ketones (excluding diaryl/α,β-unsaturated/α-hetero) is 1. The summed E-state index contributed by atoms with van der Waals surface area (Å²) in [5.41, 5.74) is -1.38. The van der Waals surface area contributed by atoms with Crippen molar-refractivity contribution in [3.05, 3.63) is 58.6 Å². The molecule has 136 valence electrons. The van der Waals surface area contributed by atoms with Crippen molar-refractivity contribution in [1.29, 1.82) is 0 Å². The molecule has 7 nitrogen and oxygen atoms in total. The fourth-order valence-electron chi connectivity index (χ4n) is 2.83. The molecule has 0 aromatic heterocycles. The Morgan fingerprint density at radius 3 is 2.65 bits per heavy atom. The van der Waals surface area contributed by atoms with Crippen LogP contribution in [0.5, 0.6) is 0 Å². The van der Waals surface area contributed by atoms with Crippen molar-refractivity contribution >= 4 is 44.7 Å². The third-order valence-electron chi connectivity index (χ3n) is 3.99. The molecule has 2 aromatic carbocycles. The Morgan fingerprint density at radius 1 is 1.27 bits per heavy atom. The van der Waals surface area contributed by atoms with Gasteiger partial charge >= 0.3 is 0 Å². The number of carbonyl (C=O) groups is 2. The van der Waals surface area contributed by atoms with Crippen LogP contribution in [0, 0.1) is 0 Å². The van der Waals surface area contributed by atoms with Crippen LogP contribution >= 0.6 is 11.6 Å². The molecule has 0 saturated carbocycles. The van der Waals surface area contributed by atoms with Crippen LogP contribution in [-0.4, -0.2) is 31.5 Å². The van der Waals surface area contributed by atoms with E-state index in [1.807, 2.05) is 0 Å². The Hall–Kier alpha value is -2.42. The predicted molar refractivity (Wildman–Crippen MR) is 97.8 cm³/mol. The number of benzene rings is 2. The highest BCUT2D eigenvalue weighted by Crippen LogP contribution is 2.40. The van der Waals surface area contributed by atoms with Crippen molar-refractivity contribution in [1.82, 2.24) is 0 Å². The largest absolute Gasteiger partial charge is 0.375 e. The lowest BCUT2D eigenvalue weighted by Crippen LogP contribution is -2.36. The first kappa shape index (κ1) is 18.4. The van der Waals surface area contributed by atoms with Gasteiger partial charge in [-0.2, -0.15) is 0 Å². The lowest BCUT2D eigenvalue weighted by molar-refractivity contribution is -0.133. The number of carbonyl (C=O) groups excluding carboxylic acids is 2. The zero-order chi connectivity index (χ0) is 19.1. The van der Waals surface area contributed by atoms with E-state index in [0.29, 0.717) is 10.7 Å². The predicted octanol–water partition coefficient (Wildman–Crippen LogP) is 2.12. The number of sulfonamides is 1. The monoisotopic (exact) mass is 394 g/mol. The second kappa shape index (κ2) is 6.39. The molecule has 1 amide bonds. The number of nitrogens with one attached hydrogen (secondary N) is 2. The van der Waals surface area contributed by atoms with Gasteiger partial charge in [0.05, 0.1) is 18.4 Å². The Balaban J connectivity index is 1.97. The molecule has 0 saturated heterocycles. The Kier molecular flexibility index (Phi) is 4.51. The average Bonchev–Trinajstić information content (AvgIpc) is 2.77. The van der Waals surface area contributed by atoms with E-state index in [1.54, 1.807) is 18.2 Å². The molecule has 1 aliphatic heterocycles. The summed E-state index contributed by atoms with van der Waals surface area (Å²) in [5, 5.41) is 13.7. The minimum absolute atomic E-state index is 0.0506. The van der Waals surface area contributed by atoms with Crippen LogP contribution in [0.4, 0.5) is 11.4 Å². The van der Waals surface area contributed by atoms with Crippen molar-refractivity contribution < 1.29 is 23.1 Å². The van der Waals surface area contributed by atoms with Crippen LogP contribution < -0.4 is 10.0 Å². The third-order valence-corrected chi connectivity index (χ3v) is 4.82. The topological polar surface area (TPSA) is 113 Å². The minimum Gasteiger partial charge on any atom is -0.375 e. The Bertz CT molecular complexity index is 1020. The molecule has 0 fully saturated rings. The van der Waals surface area contributed by atoms with Gasteiger partial charge in [-0.3, -0.25) is 14.3 Å². The van der Waals surface area contributed by atoms with Crippen LogP contribution in [0.2, 0.25) is 5.02 Å². The maximum absolute atomic E-state index is 12.7.